The SMILES string of the molecule is O=S(=O)(c1ccc(O)cc1)[C@H]1CCN(C[C@@H](F)CCc2ccccc2)C1. The minimum absolute atomic E-state index is 0.0377. The smallest absolute Gasteiger partial charge is 0.182 e. The van der Waals surface area contributed by atoms with E-state index in [0.717, 1.165) is 5.56 Å². The van der Waals surface area contributed by atoms with Crippen LogP contribution in [0.4, 0.5) is 4.39 Å². The number of rotatable bonds is 7. The molecule has 0 bridgehead atoms. The summed E-state index contributed by atoms with van der Waals surface area (Å²) < 4.78 is 39.7. The van der Waals surface area contributed by atoms with Crippen molar-refractivity contribution in [3.8, 4) is 5.75 Å². The lowest BCUT2D eigenvalue weighted by Gasteiger charge is -2.19. The third-order valence-electron chi connectivity index (χ3n) is 4.88. The standard InChI is InChI=1S/C20H24FNO3S/c21-17(7-6-16-4-2-1-3-5-16)14-22-13-12-20(15-22)26(24,25)19-10-8-18(23)9-11-19/h1-5,8-11,17,20,23H,6-7,12-15H2/t17-,20-/m0/s1. The van der Waals surface area contributed by atoms with E-state index < -0.39 is 21.3 Å². The maximum atomic E-state index is 14.3. The maximum absolute atomic E-state index is 14.3. The van der Waals surface area contributed by atoms with E-state index in [1.54, 1.807) is 0 Å². The first-order valence-electron chi connectivity index (χ1n) is 8.88. The van der Waals surface area contributed by atoms with Gasteiger partial charge in [-0.1, -0.05) is 30.3 Å². The number of aromatic hydroxyl groups is 1. The highest BCUT2D eigenvalue weighted by Gasteiger charge is 2.34. The van der Waals surface area contributed by atoms with E-state index in [0.29, 0.717) is 32.4 Å². The van der Waals surface area contributed by atoms with Crippen molar-refractivity contribution in [1.82, 2.24) is 4.90 Å². The van der Waals surface area contributed by atoms with Crippen molar-refractivity contribution in [2.24, 2.45) is 0 Å². The van der Waals surface area contributed by atoms with Gasteiger partial charge < -0.3 is 5.11 Å². The van der Waals surface area contributed by atoms with Crippen molar-refractivity contribution in [2.45, 2.75) is 35.6 Å². The molecule has 2 atom stereocenters. The Morgan fingerprint density at radius 2 is 1.81 bits per heavy atom. The third-order valence-corrected chi connectivity index (χ3v) is 7.07. The normalized spacial score (nSPS) is 19.5. The summed E-state index contributed by atoms with van der Waals surface area (Å²) in [5.41, 5.74) is 1.12. The molecule has 0 amide bonds. The molecule has 2 aromatic rings. The molecule has 0 radical (unpaired) electrons. The van der Waals surface area contributed by atoms with Crippen LogP contribution in [0.2, 0.25) is 0 Å². The molecule has 3 rings (SSSR count). The fraction of sp³-hybridized carbons (Fsp3) is 0.400. The largest absolute Gasteiger partial charge is 0.508 e. The van der Waals surface area contributed by atoms with E-state index in [1.807, 2.05) is 35.2 Å². The molecular weight excluding hydrogens is 353 g/mol. The lowest BCUT2D eigenvalue weighted by molar-refractivity contribution is 0.211. The molecule has 4 nitrogen and oxygen atoms in total. The van der Waals surface area contributed by atoms with Gasteiger partial charge in [0, 0.05) is 13.1 Å². The molecule has 1 heterocycles. The fourth-order valence-corrected chi connectivity index (χ4v) is 5.11. The molecule has 1 fully saturated rings. The highest BCUT2D eigenvalue weighted by molar-refractivity contribution is 7.92. The summed E-state index contributed by atoms with van der Waals surface area (Å²) in [6.45, 7) is 1.22. The van der Waals surface area contributed by atoms with Gasteiger partial charge in [-0.25, -0.2) is 12.8 Å². The molecule has 0 aliphatic carbocycles. The van der Waals surface area contributed by atoms with Crippen LogP contribution in [0.1, 0.15) is 18.4 Å². The zero-order valence-electron chi connectivity index (χ0n) is 14.6. The highest BCUT2D eigenvalue weighted by atomic mass is 32.2. The Labute approximate surface area is 154 Å². The van der Waals surface area contributed by atoms with Crippen molar-refractivity contribution in [3.05, 3.63) is 60.2 Å². The molecular formula is C20H24FNO3S. The number of nitrogens with zero attached hydrogens (tertiary/aromatic N) is 1. The van der Waals surface area contributed by atoms with Gasteiger partial charge in [0.2, 0.25) is 0 Å². The van der Waals surface area contributed by atoms with Crippen molar-refractivity contribution in [3.63, 3.8) is 0 Å². The summed E-state index contributed by atoms with van der Waals surface area (Å²) in [7, 11) is -3.45. The van der Waals surface area contributed by atoms with Crippen LogP contribution in [0, 0.1) is 0 Å². The van der Waals surface area contributed by atoms with E-state index in [9.17, 15) is 17.9 Å². The zero-order valence-corrected chi connectivity index (χ0v) is 15.4. The number of hydrogen-bond donors (Lipinski definition) is 1. The van der Waals surface area contributed by atoms with Crippen LogP contribution in [-0.4, -0.2) is 49.5 Å². The van der Waals surface area contributed by atoms with Crippen LogP contribution in [0.15, 0.2) is 59.5 Å². The maximum Gasteiger partial charge on any atom is 0.182 e. The molecule has 1 aliphatic rings. The summed E-state index contributed by atoms with van der Waals surface area (Å²) in [6.07, 6.45) is 0.667. The number of likely N-dealkylation sites (tertiary alicyclic amines) is 1. The van der Waals surface area contributed by atoms with E-state index in [1.165, 1.54) is 24.3 Å². The predicted molar refractivity (Wildman–Crippen MR) is 99.8 cm³/mol. The Balaban J connectivity index is 1.52. The molecule has 0 unspecified atom stereocenters. The van der Waals surface area contributed by atoms with Gasteiger partial charge in [-0.3, -0.25) is 4.90 Å². The number of aryl methyl sites for hydroxylation is 1. The van der Waals surface area contributed by atoms with Crippen molar-refractivity contribution < 1.29 is 17.9 Å². The minimum Gasteiger partial charge on any atom is -0.508 e. The first-order chi connectivity index (χ1) is 12.4. The van der Waals surface area contributed by atoms with Crippen LogP contribution in [0.25, 0.3) is 0 Å². The van der Waals surface area contributed by atoms with Crippen LogP contribution in [-0.2, 0) is 16.3 Å². The summed E-state index contributed by atoms with van der Waals surface area (Å²) in [5, 5.41) is 8.80. The van der Waals surface area contributed by atoms with Gasteiger partial charge in [-0.05, 0) is 55.6 Å². The third kappa shape index (κ3) is 4.62. The molecule has 6 heteroatoms. The molecule has 26 heavy (non-hydrogen) atoms. The van der Waals surface area contributed by atoms with Crippen molar-refractivity contribution in [2.75, 3.05) is 19.6 Å². The Morgan fingerprint density at radius 3 is 2.50 bits per heavy atom. The molecule has 1 saturated heterocycles. The van der Waals surface area contributed by atoms with Gasteiger partial charge >= 0.3 is 0 Å². The van der Waals surface area contributed by atoms with Crippen LogP contribution in [0.3, 0.4) is 0 Å². The van der Waals surface area contributed by atoms with E-state index in [2.05, 4.69) is 0 Å². The van der Waals surface area contributed by atoms with Gasteiger partial charge in [0.25, 0.3) is 0 Å². The van der Waals surface area contributed by atoms with Crippen molar-refractivity contribution in [1.29, 1.82) is 0 Å². The lowest BCUT2D eigenvalue weighted by atomic mass is 10.1. The average molecular weight is 377 g/mol. The molecule has 0 aromatic heterocycles. The van der Waals surface area contributed by atoms with Gasteiger partial charge in [0.1, 0.15) is 11.9 Å². The number of phenols is 1. The number of sulfone groups is 1. The van der Waals surface area contributed by atoms with E-state index in [-0.39, 0.29) is 17.2 Å². The molecule has 1 aliphatic heterocycles. The fourth-order valence-electron chi connectivity index (χ4n) is 3.38. The Bertz CT molecular complexity index is 809. The molecule has 0 saturated carbocycles. The average Bonchev–Trinajstić information content (AvgIpc) is 3.10. The molecule has 0 spiro atoms. The molecule has 2 aromatic carbocycles. The van der Waals surface area contributed by atoms with E-state index >= 15 is 0 Å². The quantitative estimate of drug-likeness (QED) is 0.805. The highest BCUT2D eigenvalue weighted by Crippen LogP contribution is 2.25. The van der Waals surface area contributed by atoms with Gasteiger partial charge in [0.15, 0.2) is 9.84 Å². The Kier molecular flexibility index (Phi) is 5.94. The van der Waals surface area contributed by atoms with Gasteiger partial charge in [0.05, 0.1) is 10.1 Å². The summed E-state index contributed by atoms with van der Waals surface area (Å²) in [5.74, 6) is 0.0377. The monoisotopic (exact) mass is 377 g/mol. The molecule has 1 N–H and O–H groups in total. The zero-order chi connectivity index (χ0) is 18.6. The predicted octanol–water partition coefficient (Wildman–Crippen LogP) is 3.21. The summed E-state index contributed by atoms with van der Waals surface area (Å²) in [6, 6.07) is 15.4. The van der Waals surface area contributed by atoms with Gasteiger partial charge in [-0.15, -0.1) is 0 Å². The number of halogens is 1. The lowest BCUT2D eigenvalue weighted by Crippen LogP contribution is -2.31. The molecule has 140 valence electrons. The second-order valence-corrected chi connectivity index (χ2v) is 9.06. The number of benzene rings is 2. The second-order valence-electron chi connectivity index (χ2n) is 6.83. The number of alkyl halides is 1. The first-order valence-corrected chi connectivity index (χ1v) is 10.4. The number of hydrogen-bond acceptors (Lipinski definition) is 4. The summed E-state index contributed by atoms with van der Waals surface area (Å²) >= 11 is 0. The second kappa shape index (κ2) is 8.18. The minimum atomic E-state index is -3.45. The van der Waals surface area contributed by atoms with Gasteiger partial charge in [-0.2, -0.15) is 0 Å². The van der Waals surface area contributed by atoms with E-state index in [4.69, 9.17) is 0 Å². The van der Waals surface area contributed by atoms with Crippen molar-refractivity contribution >= 4 is 9.84 Å². The van der Waals surface area contributed by atoms with Crippen LogP contribution < -0.4 is 0 Å². The number of phenolic OH excluding ortho intramolecular Hbond substituents is 1. The van der Waals surface area contributed by atoms with Crippen LogP contribution >= 0.6 is 0 Å². The topological polar surface area (TPSA) is 57.6 Å². The Morgan fingerprint density at radius 1 is 1.12 bits per heavy atom. The van der Waals surface area contributed by atoms with Crippen LogP contribution in [0.5, 0.6) is 5.75 Å². The Hall–Kier alpha value is -1.92. The first kappa shape index (κ1) is 18.9. The summed E-state index contributed by atoms with van der Waals surface area (Å²) in [4.78, 5) is 2.11.